The summed E-state index contributed by atoms with van der Waals surface area (Å²) < 4.78 is 39.6. The Labute approximate surface area is 202 Å². The number of aryl methyl sites for hydroxylation is 1. The third-order valence-electron chi connectivity index (χ3n) is 7.70. The van der Waals surface area contributed by atoms with Gasteiger partial charge in [0.1, 0.15) is 5.82 Å². The van der Waals surface area contributed by atoms with Gasteiger partial charge in [-0.15, -0.1) is 0 Å². The molecule has 6 rings (SSSR count). The number of likely N-dealkylation sites (tertiary alicyclic amines) is 1. The molecule has 2 aromatic carbocycles. The standard InChI is InChI=1S/C27H29F2N3O3/c28-19-4-5-20-22(16-19)35-30-26(20)17-7-11-31(12-8-17)10-1-2-14-34-23-15-18-3-6-24(33)32-13-9-21(25(23)29)27(18)32/h4-5,15-17H,1-3,6-14H2. The molecule has 1 saturated heterocycles. The second kappa shape index (κ2) is 9.22. The van der Waals surface area contributed by atoms with Crippen LogP contribution in [0.3, 0.4) is 0 Å². The van der Waals surface area contributed by atoms with E-state index < -0.39 is 0 Å². The van der Waals surface area contributed by atoms with E-state index in [1.165, 1.54) is 12.1 Å². The molecule has 3 aromatic rings. The maximum Gasteiger partial charge on any atom is 0.227 e. The lowest BCUT2D eigenvalue weighted by Crippen LogP contribution is -2.34. The van der Waals surface area contributed by atoms with Crippen molar-refractivity contribution < 1.29 is 22.8 Å². The molecule has 1 amide bonds. The number of rotatable bonds is 7. The van der Waals surface area contributed by atoms with Gasteiger partial charge in [-0.25, -0.2) is 8.78 Å². The van der Waals surface area contributed by atoms with Gasteiger partial charge in [0.05, 0.1) is 18.0 Å². The van der Waals surface area contributed by atoms with E-state index in [0.29, 0.717) is 55.2 Å². The minimum Gasteiger partial charge on any atom is -0.490 e. The van der Waals surface area contributed by atoms with Gasteiger partial charge in [-0.3, -0.25) is 4.79 Å². The van der Waals surface area contributed by atoms with Gasteiger partial charge in [-0.2, -0.15) is 0 Å². The molecule has 35 heavy (non-hydrogen) atoms. The van der Waals surface area contributed by atoms with E-state index in [-0.39, 0.29) is 17.5 Å². The lowest BCUT2D eigenvalue weighted by atomic mass is 9.91. The first-order chi connectivity index (χ1) is 17.1. The predicted molar refractivity (Wildman–Crippen MR) is 128 cm³/mol. The van der Waals surface area contributed by atoms with Crippen molar-refractivity contribution >= 4 is 22.6 Å². The van der Waals surface area contributed by atoms with Gasteiger partial charge < -0.3 is 19.1 Å². The second-order valence-electron chi connectivity index (χ2n) is 9.85. The van der Waals surface area contributed by atoms with E-state index in [1.54, 1.807) is 17.0 Å². The van der Waals surface area contributed by atoms with Crippen LogP contribution < -0.4 is 9.64 Å². The summed E-state index contributed by atoms with van der Waals surface area (Å²) in [5.74, 6) is 0.145. The van der Waals surface area contributed by atoms with Crippen LogP contribution in [-0.2, 0) is 17.6 Å². The molecule has 0 N–H and O–H groups in total. The highest BCUT2D eigenvalue weighted by Crippen LogP contribution is 2.41. The molecule has 1 aromatic heterocycles. The third-order valence-corrected chi connectivity index (χ3v) is 7.70. The van der Waals surface area contributed by atoms with Gasteiger partial charge in [0.15, 0.2) is 17.1 Å². The number of hydrogen-bond acceptors (Lipinski definition) is 5. The van der Waals surface area contributed by atoms with Crippen LogP contribution in [0.4, 0.5) is 14.5 Å². The Morgan fingerprint density at radius 3 is 2.77 bits per heavy atom. The lowest BCUT2D eigenvalue weighted by molar-refractivity contribution is -0.118. The molecule has 0 bridgehead atoms. The van der Waals surface area contributed by atoms with Crippen LogP contribution in [-0.4, -0.2) is 48.7 Å². The van der Waals surface area contributed by atoms with Gasteiger partial charge in [0, 0.05) is 35.9 Å². The molecular weight excluding hydrogens is 452 g/mol. The number of nitrogens with zero attached hydrogens (tertiary/aromatic N) is 3. The van der Waals surface area contributed by atoms with Crippen molar-refractivity contribution in [2.75, 3.05) is 37.7 Å². The van der Waals surface area contributed by atoms with Gasteiger partial charge in [-0.1, -0.05) is 5.16 Å². The van der Waals surface area contributed by atoms with Gasteiger partial charge in [-0.05, 0) is 81.9 Å². The van der Waals surface area contributed by atoms with E-state index in [4.69, 9.17) is 9.26 Å². The molecule has 0 atom stereocenters. The predicted octanol–water partition coefficient (Wildman–Crippen LogP) is 4.98. The number of hydrogen-bond donors (Lipinski definition) is 0. The van der Waals surface area contributed by atoms with Crippen molar-refractivity contribution in [2.24, 2.45) is 0 Å². The number of ether oxygens (including phenoxy) is 1. The van der Waals surface area contributed by atoms with Crippen molar-refractivity contribution in [3.8, 4) is 5.75 Å². The normalized spacial score (nSPS) is 18.5. The summed E-state index contributed by atoms with van der Waals surface area (Å²) in [7, 11) is 0. The van der Waals surface area contributed by atoms with Crippen LogP contribution in [0, 0.1) is 11.6 Å². The van der Waals surface area contributed by atoms with E-state index in [2.05, 4.69) is 10.1 Å². The zero-order valence-corrected chi connectivity index (χ0v) is 19.7. The lowest BCUT2D eigenvalue weighted by Gasteiger charge is -2.31. The van der Waals surface area contributed by atoms with Crippen LogP contribution in [0.2, 0.25) is 0 Å². The quantitative estimate of drug-likeness (QED) is 0.446. The number of anilines is 1. The van der Waals surface area contributed by atoms with Crippen molar-refractivity contribution in [3.63, 3.8) is 0 Å². The smallest absolute Gasteiger partial charge is 0.227 e. The highest BCUT2D eigenvalue weighted by atomic mass is 19.1. The topological polar surface area (TPSA) is 58.8 Å². The summed E-state index contributed by atoms with van der Waals surface area (Å²) in [5, 5.41) is 5.14. The second-order valence-corrected chi connectivity index (χ2v) is 9.85. The van der Waals surface area contributed by atoms with Crippen molar-refractivity contribution in [1.82, 2.24) is 10.1 Å². The van der Waals surface area contributed by atoms with Gasteiger partial charge in [0.2, 0.25) is 5.91 Å². The number of carbonyl (C=O) groups excluding carboxylic acids is 1. The molecule has 0 aliphatic carbocycles. The van der Waals surface area contributed by atoms with E-state index in [1.807, 2.05) is 0 Å². The molecule has 0 saturated carbocycles. The summed E-state index contributed by atoms with van der Waals surface area (Å²) in [4.78, 5) is 16.3. The van der Waals surface area contributed by atoms with Crippen LogP contribution in [0.5, 0.6) is 5.75 Å². The average Bonchev–Trinajstić information content (AvgIpc) is 3.50. The maximum atomic E-state index is 15.0. The summed E-state index contributed by atoms with van der Waals surface area (Å²) in [6, 6.07) is 6.41. The van der Waals surface area contributed by atoms with E-state index in [0.717, 1.165) is 67.6 Å². The summed E-state index contributed by atoms with van der Waals surface area (Å²) in [5.41, 5.74) is 3.91. The Bertz CT molecular complexity index is 1270. The number of piperidine rings is 1. The summed E-state index contributed by atoms with van der Waals surface area (Å²) in [6.07, 6.45) is 5.55. The van der Waals surface area contributed by atoms with Gasteiger partial charge in [0.25, 0.3) is 0 Å². The first-order valence-corrected chi connectivity index (χ1v) is 12.6. The Balaban J connectivity index is 0.972. The fraction of sp³-hybridized carbons (Fsp3) is 0.481. The Hall–Kier alpha value is -3.00. The zero-order valence-electron chi connectivity index (χ0n) is 19.7. The number of halogens is 2. The molecule has 1 fully saturated rings. The summed E-state index contributed by atoms with van der Waals surface area (Å²) >= 11 is 0. The Morgan fingerprint density at radius 2 is 1.91 bits per heavy atom. The fourth-order valence-corrected chi connectivity index (χ4v) is 5.83. The van der Waals surface area contributed by atoms with Crippen LogP contribution in [0.25, 0.3) is 11.0 Å². The number of unbranched alkanes of at least 4 members (excludes halogenated alkanes) is 1. The van der Waals surface area contributed by atoms with Crippen molar-refractivity contribution in [2.45, 2.75) is 50.9 Å². The highest BCUT2D eigenvalue weighted by molar-refractivity contribution is 5.99. The van der Waals surface area contributed by atoms with Crippen molar-refractivity contribution in [1.29, 1.82) is 0 Å². The maximum absolute atomic E-state index is 15.0. The Morgan fingerprint density at radius 1 is 1.06 bits per heavy atom. The molecule has 0 unspecified atom stereocenters. The Kier molecular flexibility index (Phi) is 5.92. The molecule has 0 spiro atoms. The molecular formula is C27H29F2N3O3. The molecule has 4 heterocycles. The number of fused-ring (bicyclic) bond motifs is 1. The van der Waals surface area contributed by atoms with E-state index in [9.17, 15) is 13.6 Å². The minimum absolute atomic E-state index is 0.0955. The minimum atomic E-state index is -0.310. The molecule has 0 radical (unpaired) electrons. The summed E-state index contributed by atoms with van der Waals surface area (Å²) in [6.45, 7) is 4.01. The van der Waals surface area contributed by atoms with Crippen LogP contribution in [0.15, 0.2) is 28.8 Å². The first kappa shape index (κ1) is 22.5. The molecule has 3 aliphatic rings. The largest absolute Gasteiger partial charge is 0.490 e. The number of amides is 1. The average molecular weight is 482 g/mol. The first-order valence-electron chi connectivity index (χ1n) is 12.6. The van der Waals surface area contributed by atoms with Gasteiger partial charge >= 0.3 is 0 Å². The zero-order chi connectivity index (χ0) is 23.9. The van der Waals surface area contributed by atoms with E-state index >= 15 is 0 Å². The third kappa shape index (κ3) is 4.18. The molecule has 6 nitrogen and oxygen atoms in total. The molecule has 184 valence electrons. The number of carbonyl (C=O) groups is 1. The fourth-order valence-electron chi connectivity index (χ4n) is 5.83. The molecule has 8 heteroatoms. The van der Waals surface area contributed by atoms with Crippen LogP contribution in [0.1, 0.15) is 54.8 Å². The highest BCUT2D eigenvalue weighted by Gasteiger charge is 2.34. The van der Waals surface area contributed by atoms with Crippen LogP contribution >= 0.6 is 0 Å². The van der Waals surface area contributed by atoms with Crippen molar-refractivity contribution in [3.05, 3.63) is 52.7 Å². The number of aromatic nitrogens is 1. The number of benzene rings is 2. The monoisotopic (exact) mass is 481 g/mol. The molecule has 3 aliphatic heterocycles. The SMILES string of the molecule is O=C1CCc2cc(OCCCCN3CCC(c4noc5cc(F)ccc45)CC3)c(F)c3c2N1CC3.